The lowest BCUT2D eigenvalue weighted by molar-refractivity contribution is -0.152. The Morgan fingerprint density at radius 3 is 2.24 bits per heavy atom. The Kier molecular flexibility index (Phi) is 9.30. The molecule has 0 amide bonds. The van der Waals surface area contributed by atoms with Crippen LogP contribution in [-0.4, -0.2) is 23.1 Å². The Morgan fingerprint density at radius 2 is 1.61 bits per heavy atom. The summed E-state index contributed by atoms with van der Waals surface area (Å²) < 4.78 is 56.3. The van der Waals surface area contributed by atoms with Crippen LogP contribution in [0.5, 0.6) is 0 Å². The number of nitrogens with zero attached hydrogens (tertiary/aromatic N) is 1. The first kappa shape index (κ1) is 30.4. The number of rotatable bonds is 9. The zero-order valence-electron chi connectivity index (χ0n) is 24.1. The van der Waals surface area contributed by atoms with Crippen LogP contribution in [0.2, 0.25) is 0 Å². The van der Waals surface area contributed by atoms with E-state index in [1.54, 1.807) is 43.3 Å². The van der Waals surface area contributed by atoms with Crippen molar-refractivity contribution in [2.24, 2.45) is 5.92 Å². The monoisotopic (exact) mass is 569 g/mol. The lowest BCUT2D eigenvalue weighted by Gasteiger charge is -2.28. The smallest absolute Gasteiger partial charge is 0.416 e. The van der Waals surface area contributed by atoms with Crippen molar-refractivity contribution in [2.45, 2.75) is 84.5 Å². The first-order valence-corrected chi connectivity index (χ1v) is 14.2. The van der Waals surface area contributed by atoms with Gasteiger partial charge in [0.1, 0.15) is 6.61 Å². The van der Waals surface area contributed by atoms with E-state index in [1.165, 1.54) is 26.3 Å². The summed E-state index contributed by atoms with van der Waals surface area (Å²) in [5.74, 6) is -0.868. The van der Waals surface area contributed by atoms with Gasteiger partial charge in [-0.1, -0.05) is 61.7 Å². The van der Waals surface area contributed by atoms with E-state index in [0.29, 0.717) is 35.0 Å². The number of esters is 2. The standard InChI is InChI=1S/C33H38F3NO4/c1-5-40-30(38)26-19-29(37(22(26)2)20-23-12-8-6-9-13-23)25-16-17-27(28(18-25)33(34,35)36)32(3,4)31(39)41-21-24-14-10-7-11-15-24/h7,10-11,14-19,23H,5-6,8-9,12-13,20-21H2,1-4H3. The normalized spacial score (nSPS) is 14.6. The van der Waals surface area contributed by atoms with Crippen LogP contribution in [0.1, 0.15) is 85.6 Å². The average molecular weight is 570 g/mol. The fourth-order valence-corrected chi connectivity index (χ4v) is 5.66. The predicted octanol–water partition coefficient (Wildman–Crippen LogP) is 8.26. The summed E-state index contributed by atoms with van der Waals surface area (Å²) in [6.45, 7) is 7.19. The molecule has 1 aliphatic carbocycles. The third-order valence-corrected chi connectivity index (χ3v) is 8.04. The van der Waals surface area contributed by atoms with Gasteiger partial charge in [-0.15, -0.1) is 0 Å². The van der Waals surface area contributed by atoms with E-state index < -0.39 is 29.1 Å². The molecule has 0 saturated heterocycles. The molecule has 220 valence electrons. The van der Waals surface area contributed by atoms with Crippen molar-refractivity contribution in [1.82, 2.24) is 4.57 Å². The SMILES string of the molecule is CCOC(=O)c1cc(-c2ccc(C(C)(C)C(=O)OCc3ccccc3)c(C(F)(F)F)c2)n(CC2CCCCC2)c1C. The summed E-state index contributed by atoms with van der Waals surface area (Å²) >= 11 is 0. The molecule has 1 heterocycles. The summed E-state index contributed by atoms with van der Waals surface area (Å²) in [5.41, 5.74) is -0.0198. The van der Waals surface area contributed by atoms with Crippen LogP contribution in [0.4, 0.5) is 13.2 Å². The number of ether oxygens (including phenoxy) is 2. The van der Waals surface area contributed by atoms with E-state index >= 15 is 0 Å². The lowest BCUT2D eigenvalue weighted by atomic mass is 9.80. The Morgan fingerprint density at radius 1 is 0.927 bits per heavy atom. The molecular formula is C33H38F3NO4. The van der Waals surface area contributed by atoms with E-state index in [4.69, 9.17) is 9.47 Å². The van der Waals surface area contributed by atoms with Gasteiger partial charge < -0.3 is 14.0 Å². The minimum atomic E-state index is -4.72. The van der Waals surface area contributed by atoms with E-state index in [0.717, 1.165) is 37.3 Å². The minimum absolute atomic E-state index is 0.0346. The molecule has 8 heteroatoms. The van der Waals surface area contributed by atoms with Crippen LogP contribution >= 0.6 is 0 Å². The van der Waals surface area contributed by atoms with Crippen molar-refractivity contribution in [2.75, 3.05) is 6.61 Å². The highest BCUT2D eigenvalue weighted by atomic mass is 19.4. The van der Waals surface area contributed by atoms with E-state index in [-0.39, 0.29) is 18.8 Å². The van der Waals surface area contributed by atoms with Crippen LogP contribution in [0.15, 0.2) is 54.6 Å². The van der Waals surface area contributed by atoms with Gasteiger partial charge in [-0.25, -0.2) is 4.79 Å². The molecular weight excluding hydrogens is 531 g/mol. The first-order valence-electron chi connectivity index (χ1n) is 14.2. The van der Waals surface area contributed by atoms with Gasteiger partial charge in [-0.2, -0.15) is 13.2 Å². The second-order valence-corrected chi connectivity index (χ2v) is 11.3. The van der Waals surface area contributed by atoms with Crippen molar-refractivity contribution < 1.29 is 32.2 Å². The topological polar surface area (TPSA) is 57.5 Å². The van der Waals surface area contributed by atoms with Crippen LogP contribution in [-0.2, 0) is 39.0 Å². The van der Waals surface area contributed by atoms with Gasteiger partial charge in [0.25, 0.3) is 0 Å². The fourth-order valence-electron chi connectivity index (χ4n) is 5.66. The molecule has 1 aromatic heterocycles. The van der Waals surface area contributed by atoms with Crippen molar-refractivity contribution in [3.8, 4) is 11.3 Å². The van der Waals surface area contributed by atoms with Crippen molar-refractivity contribution in [1.29, 1.82) is 0 Å². The molecule has 4 rings (SSSR count). The van der Waals surface area contributed by atoms with Crippen molar-refractivity contribution in [3.05, 3.63) is 82.5 Å². The lowest BCUT2D eigenvalue weighted by Crippen LogP contribution is -2.33. The van der Waals surface area contributed by atoms with Crippen molar-refractivity contribution >= 4 is 11.9 Å². The summed E-state index contributed by atoms with van der Waals surface area (Å²) in [7, 11) is 0. The Bertz CT molecular complexity index is 1370. The number of aromatic nitrogens is 1. The molecule has 0 bridgehead atoms. The van der Waals surface area contributed by atoms with Crippen LogP contribution in [0.25, 0.3) is 11.3 Å². The Labute approximate surface area is 239 Å². The number of carbonyl (C=O) groups is 2. The van der Waals surface area contributed by atoms with Gasteiger partial charge in [-0.3, -0.25) is 4.79 Å². The van der Waals surface area contributed by atoms with Gasteiger partial charge in [0, 0.05) is 17.9 Å². The molecule has 1 aliphatic rings. The summed E-state index contributed by atoms with van der Waals surface area (Å²) in [4.78, 5) is 25.8. The molecule has 0 aliphatic heterocycles. The zero-order chi connectivity index (χ0) is 29.8. The van der Waals surface area contributed by atoms with Gasteiger partial charge in [0.05, 0.1) is 23.1 Å². The summed E-state index contributed by atoms with van der Waals surface area (Å²) in [6.07, 6.45) is 0.778. The maximum atomic E-state index is 14.5. The molecule has 0 atom stereocenters. The highest BCUT2D eigenvalue weighted by Crippen LogP contribution is 2.41. The third kappa shape index (κ3) is 6.85. The molecule has 3 aromatic rings. The molecule has 5 nitrogen and oxygen atoms in total. The molecule has 0 unspecified atom stereocenters. The van der Waals surface area contributed by atoms with Gasteiger partial charge in [0.15, 0.2) is 0 Å². The van der Waals surface area contributed by atoms with Crippen LogP contribution in [0, 0.1) is 12.8 Å². The third-order valence-electron chi connectivity index (χ3n) is 8.04. The van der Waals surface area contributed by atoms with Gasteiger partial charge in [-0.05, 0) is 75.3 Å². The Hall–Kier alpha value is -3.55. The number of carbonyl (C=O) groups excluding carboxylic acids is 2. The highest BCUT2D eigenvalue weighted by molar-refractivity contribution is 5.93. The summed E-state index contributed by atoms with van der Waals surface area (Å²) in [5, 5.41) is 0. The maximum Gasteiger partial charge on any atom is 0.416 e. The largest absolute Gasteiger partial charge is 0.462 e. The van der Waals surface area contributed by atoms with E-state index in [1.807, 2.05) is 17.6 Å². The van der Waals surface area contributed by atoms with Crippen molar-refractivity contribution in [3.63, 3.8) is 0 Å². The molecule has 2 aromatic carbocycles. The quantitative estimate of drug-likeness (QED) is 0.244. The Balaban J connectivity index is 1.74. The molecule has 41 heavy (non-hydrogen) atoms. The number of hydrogen-bond donors (Lipinski definition) is 0. The van der Waals surface area contributed by atoms with Crippen LogP contribution in [0.3, 0.4) is 0 Å². The molecule has 0 radical (unpaired) electrons. The van der Waals surface area contributed by atoms with Gasteiger partial charge in [0.2, 0.25) is 0 Å². The fraction of sp³-hybridized carbons (Fsp3) is 0.455. The number of benzene rings is 2. The van der Waals surface area contributed by atoms with E-state index in [9.17, 15) is 22.8 Å². The summed E-state index contributed by atoms with van der Waals surface area (Å²) in [6, 6.07) is 14.7. The predicted molar refractivity (Wildman–Crippen MR) is 151 cm³/mol. The maximum absolute atomic E-state index is 14.5. The zero-order valence-corrected chi connectivity index (χ0v) is 24.1. The molecule has 1 fully saturated rings. The molecule has 0 N–H and O–H groups in total. The number of alkyl halides is 3. The number of hydrogen-bond acceptors (Lipinski definition) is 4. The van der Waals surface area contributed by atoms with E-state index in [2.05, 4.69) is 0 Å². The second-order valence-electron chi connectivity index (χ2n) is 11.3. The molecule has 0 spiro atoms. The first-order chi connectivity index (χ1) is 19.4. The second kappa shape index (κ2) is 12.5. The number of halogens is 3. The average Bonchev–Trinajstić information content (AvgIpc) is 3.27. The molecule has 1 saturated carbocycles. The van der Waals surface area contributed by atoms with Gasteiger partial charge >= 0.3 is 18.1 Å². The minimum Gasteiger partial charge on any atom is -0.462 e. The highest BCUT2D eigenvalue weighted by Gasteiger charge is 2.42. The van der Waals surface area contributed by atoms with Crippen LogP contribution < -0.4 is 0 Å².